The first-order chi connectivity index (χ1) is 29.1. The molecule has 5 heteroatoms. The molecule has 278 valence electrons. The highest BCUT2D eigenvalue weighted by molar-refractivity contribution is 6.32. The van der Waals surface area contributed by atoms with Gasteiger partial charge >= 0.3 is 0 Å². The van der Waals surface area contributed by atoms with Crippen LogP contribution in [0, 0.1) is 0 Å². The summed E-state index contributed by atoms with van der Waals surface area (Å²) >= 11 is 0. The average molecular weight is 756 g/mol. The van der Waals surface area contributed by atoms with Crippen molar-refractivity contribution in [2.24, 2.45) is 0 Å². The number of nitrogens with zero attached hydrogens (tertiary/aromatic N) is 5. The summed E-state index contributed by atoms with van der Waals surface area (Å²) in [4.78, 5) is 15.2. The molecule has 0 spiro atoms. The first-order valence-corrected chi connectivity index (χ1v) is 20.2. The third kappa shape index (κ3) is 4.88. The molecule has 0 saturated carbocycles. The second kappa shape index (κ2) is 12.7. The Hall–Kier alpha value is -7.63. The van der Waals surface area contributed by atoms with Gasteiger partial charge in [-0.3, -0.25) is 0 Å². The molecule has 59 heavy (non-hydrogen) atoms. The fraction of sp³-hybridized carbons (Fsp3) is 0.0556. The second-order valence-corrected chi connectivity index (χ2v) is 16.0. The third-order valence-corrected chi connectivity index (χ3v) is 12.3. The Kier molecular flexibility index (Phi) is 7.20. The lowest BCUT2D eigenvalue weighted by Crippen LogP contribution is -2.16. The largest absolute Gasteiger partial charge is 0.309 e. The first-order valence-electron chi connectivity index (χ1n) is 20.2. The van der Waals surface area contributed by atoms with Crippen LogP contribution in [0.3, 0.4) is 0 Å². The van der Waals surface area contributed by atoms with Crippen molar-refractivity contribution in [3.05, 3.63) is 199 Å². The second-order valence-electron chi connectivity index (χ2n) is 16.0. The Labute approximate surface area is 341 Å². The maximum Gasteiger partial charge on any atom is 0.164 e. The van der Waals surface area contributed by atoms with E-state index in [1.165, 1.54) is 60.3 Å². The van der Waals surface area contributed by atoms with Gasteiger partial charge in [0.2, 0.25) is 0 Å². The number of aromatic nitrogens is 5. The molecule has 0 saturated heterocycles. The lowest BCUT2D eigenvalue weighted by Gasteiger charge is -2.24. The Morgan fingerprint density at radius 3 is 1.53 bits per heavy atom. The number of benzene rings is 8. The van der Waals surface area contributed by atoms with Gasteiger partial charge in [-0.25, -0.2) is 15.0 Å². The maximum absolute atomic E-state index is 5.13. The van der Waals surface area contributed by atoms with Gasteiger partial charge in [0.15, 0.2) is 17.5 Å². The Balaban J connectivity index is 1.22. The first kappa shape index (κ1) is 33.5. The molecule has 8 aromatic carbocycles. The molecule has 0 unspecified atom stereocenters. The number of hydrogen-bond donors (Lipinski definition) is 0. The standard InChI is InChI=1S/C54H37N5/c1-54(2)42-30-15-12-27-39(42)45-46-40-28-13-16-31-43(40)58(37-24-10-5-11-25-37)49(46)47-41-29-14-17-32-44(41)59(50(47)48(45)54)38-26-18-23-36(33-38)53-56-51(34-19-6-3-7-20-34)55-52(57-53)35-21-8-4-9-22-35/h3-33H,1-2H3. The van der Waals surface area contributed by atoms with E-state index in [-0.39, 0.29) is 5.41 Å². The topological polar surface area (TPSA) is 48.5 Å². The minimum Gasteiger partial charge on any atom is -0.309 e. The van der Waals surface area contributed by atoms with E-state index < -0.39 is 0 Å². The van der Waals surface area contributed by atoms with Crippen molar-refractivity contribution < 1.29 is 0 Å². The third-order valence-electron chi connectivity index (χ3n) is 12.3. The number of rotatable bonds is 5. The van der Waals surface area contributed by atoms with Crippen molar-refractivity contribution in [1.82, 2.24) is 24.1 Å². The van der Waals surface area contributed by atoms with Crippen molar-refractivity contribution in [2.75, 3.05) is 0 Å². The molecular formula is C54H37N5. The van der Waals surface area contributed by atoms with Crippen molar-refractivity contribution in [2.45, 2.75) is 19.3 Å². The zero-order valence-electron chi connectivity index (χ0n) is 32.6. The van der Waals surface area contributed by atoms with Crippen molar-refractivity contribution in [1.29, 1.82) is 0 Å². The van der Waals surface area contributed by atoms with Crippen molar-refractivity contribution >= 4 is 43.6 Å². The highest BCUT2D eigenvalue weighted by atomic mass is 15.0. The van der Waals surface area contributed by atoms with Crippen LogP contribution in [0.5, 0.6) is 0 Å². The Bertz CT molecular complexity index is 3390. The van der Waals surface area contributed by atoms with E-state index in [2.05, 4.69) is 175 Å². The van der Waals surface area contributed by atoms with Gasteiger partial charge < -0.3 is 9.13 Å². The van der Waals surface area contributed by atoms with E-state index >= 15 is 0 Å². The van der Waals surface area contributed by atoms with Gasteiger partial charge in [-0.1, -0.05) is 166 Å². The Morgan fingerprint density at radius 2 is 0.881 bits per heavy atom. The SMILES string of the molecule is CC1(C)c2ccccc2-c2c1c1c(c3ccccc3n1-c1cccc(-c3nc(-c4ccccc4)nc(-c4ccccc4)n3)c1)c1c2c2ccccc2n1-c1ccccc1. The molecule has 12 rings (SSSR count). The molecule has 3 heterocycles. The van der Waals surface area contributed by atoms with Gasteiger partial charge in [0.05, 0.1) is 22.1 Å². The molecule has 0 atom stereocenters. The molecule has 0 bridgehead atoms. The normalized spacial score (nSPS) is 13.1. The van der Waals surface area contributed by atoms with Gasteiger partial charge in [0, 0.05) is 55.0 Å². The number of para-hydroxylation sites is 3. The summed E-state index contributed by atoms with van der Waals surface area (Å²) in [6.45, 7) is 4.80. The van der Waals surface area contributed by atoms with Gasteiger partial charge in [0.1, 0.15) is 0 Å². The number of fused-ring (bicyclic) bond motifs is 12. The van der Waals surface area contributed by atoms with Crippen LogP contribution in [0.25, 0.3) is 100 Å². The highest BCUT2D eigenvalue weighted by Crippen LogP contribution is 2.58. The van der Waals surface area contributed by atoms with E-state index in [1.54, 1.807) is 0 Å². The smallest absolute Gasteiger partial charge is 0.164 e. The summed E-state index contributed by atoms with van der Waals surface area (Å²) < 4.78 is 5.00. The minimum atomic E-state index is -0.290. The summed E-state index contributed by atoms with van der Waals surface area (Å²) in [5.74, 6) is 1.92. The van der Waals surface area contributed by atoms with Crippen LogP contribution in [0.15, 0.2) is 188 Å². The summed E-state index contributed by atoms with van der Waals surface area (Å²) in [6.07, 6.45) is 0. The van der Waals surface area contributed by atoms with Gasteiger partial charge in [0.25, 0.3) is 0 Å². The van der Waals surface area contributed by atoms with E-state index in [0.717, 1.165) is 33.6 Å². The van der Waals surface area contributed by atoms with Crippen LogP contribution >= 0.6 is 0 Å². The minimum absolute atomic E-state index is 0.290. The van der Waals surface area contributed by atoms with E-state index in [9.17, 15) is 0 Å². The van der Waals surface area contributed by atoms with Crippen LogP contribution in [-0.2, 0) is 5.41 Å². The number of hydrogen-bond acceptors (Lipinski definition) is 3. The lowest BCUT2D eigenvalue weighted by atomic mass is 9.81. The van der Waals surface area contributed by atoms with Crippen LogP contribution in [0.2, 0.25) is 0 Å². The fourth-order valence-corrected chi connectivity index (χ4v) is 9.78. The van der Waals surface area contributed by atoms with Gasteiger partial charge in [-0.05, 0) is 58.7 Å². The fourth-order valence-electron chi connectivity index (χ4n) is 9.78. The molecule has 0 fully saturated rings. The Morgan fingerprint density at radius 1 is 0.407 bits per heavy atom. The van der Waals surface area contributed by atoms with E-state index in [1.807, 2.05) is 36.4 Å². The van der Waals surface area contributed by atoms with Crippen LogP contribution in [0.1, 0.15) is 25.0 Å². The maximum atomic E-state index is 5.13. The molecular weight excluding hydrogens is 719 g/mol. The average Bonchev–Trinajstić information content (AvgIpc) is 3.90. The molecule has 11 aromatic rings. The molecule has 0 aliphatic heterocycles. The van der Waals surface area contributed by atoms with Crippen LogP contribution < -0.4 is 0 Å². The van der Waals surface area contributed by atoms with Gasteiger partial charge in [-0.15, -0.1) is 0 Å². The van der Waals surface area contributed by atoms with Crippen LogP contribution in [-0.4, -0.2) is 24.1 Å². The lowest BCUT2D eigenvalue weighted by molar-refractivity contribution is 0.664. The highest BCUT2D eigenvalue weighted by Gasteiger charge is 2.41. The quantitative estimate of drug-likeness (QED) is 0.176. The molecule has 1 aliphatic rings. The van der Waals surface area contributed by atoms with Crippen molar-refractivity contribution in [3.63, 3.8) is 0 Å². The van der Waals surface area contributed by atoms with Crippen molar-refractivity contribution in [3.8, 4) is 56.7 Å². The molecule has 0 radical (unpaired) electrons. The zero-order valence-corrected chi connectivity index (χ0v) is 32.6. The molecule has 1 aliphatic carbocycles. The molecule has 0 amide bonds. The molecule has 0 N–H and O–H groups in total. The van der Waals surface area contributed by atoms with E-state index in [4.69, 9.17) is 15.0 Å². The van der Waals surface area contributed by atoms with Gasteiger partial charge in [-0.2, -0.15) is 0 Å². The predicted octanol–water partition coefficient (Wildman–Crippen LogP) is 13.4. The summed E-state index contributed by atoms with van der Waals surface area (Å²) in [7, 11) is 0. The summed E-state index contributed by atoms with van der Waals surface area (Å²) in [5, 5.41) is 5.02. The van der Waals surface area contributed by atoms with E-state index in [0.29, 0.717) is 17.5 Å². The monoisotopic (exact) mass is 755 g/mol. The van der Waals surface area contributed by atoms with Crippen LogP contribution in [0.4, 0.5) is 0 Å². The zero-order chi connectivity index (χ0) is 39.2. The molecule has 3 aromatic heterocycles. The molecule has 5 nitrogen and oxygen atoms in total. The predicted molar refractivity (Wildman–Crippen MR) is 242 cm³/mol. The summed E-state index contributed by atoms with van der Waals surface area (Å²) in [6, 6.07) is 66.8. The summed E-state index contributed by atoms with van der Waals surface area (Å²) in [5.41, 5.74) is 14.8.